The lowest BCUT2D eigenvalue weighted by Crippen LogP contribution is -2.43. The van der Waals surface area contributed by atoms with Crippen molar-refractivity contribution in [3.63, 3.8) is 0 Å². The molecule has 0 aromatic carbocycles. The number of nitrogens with zero attached hydrogens (tertiary/aromatic N) is 5. The molecule has 0 N–H and O–H groups in total. The van der Waals surface area contributed by atoms with Gasteiger partial charge in [0.05, 0.1) is 23.6 Å². The van der Waals surface area contributed by atoms with Crippen LogP contribution in [0.5, 0.6) is 5.75 Å². The van der Waals surface area contributed by atoms with E-state index in [4.69, 9.17) is 19.7 Å². The van der Waals surface area contributed by atoms with Crippen LogP contribution >= 0.6 is 9.24 Å². The van der Waals surface area contributed by atoms with Gasteiger partial charge in [0.15, 0.2) is 5.82 Å². The molecular formula is C32H43BN5OP. The quantitative estimate of drug-likeness (QED) is 0.324. The van der Waals surface area contributed by atoms with Gasteiger partial charge in [0, 0.05) is 30.4 Å². The van der Waals surface area contributed by atoms with Gasteiger partial charge in [0.1, 0.15) is 30.9 Å². The minimum absolute atomic E-state index is 0.184. The van der Waals surface area contributed by atoms with Gasteiger partial charge in [-0.2, -0.15) is 0 Å². The van der Waals surface area contributed by atoms with Crippen molar-refractivity contribution >= 4 is 45.5 Å². The van der Waals surface area contributed by atoms with Crippen LogP contribution in [0.1, 0.15) is 96.0 Å². The number of rotatable bonds is 5. The Hall–Kier alpha value is -2.92. The molecule has 1 aliphatic carbocycles. The maximum absolute atomic E-state index is 6.51. The minimum atomic E-state index is 0.184. The molecule has 3 aliphatic rings. The van der Waals surface area contributed by atoms with Gasteiger partial charge in [-0.1, -0.05) is 51.9 Å². The number of aromatic nitrogens is 2. The molecule has 0 saturated heterocycles. The highest BCUT2D eigenvalue weighted by Crippen LogP contribution is 2.46. The first kappa shape index (κ1) is 28.6. The van der Waals surface area contributed by atoms with E-state index in [2.05, 4.69) is 80.2 Å². The van der Waals surface area contributed by atoms with E-state index >= 15 is 0 Å². The van der Waals surface area contributed by atoms with E-state index in [0.717, 1.165) is 85.1 Å². The normalized spacial score (nSPS) is 17.7. The summed E-state index contributed by atoms with van der Waals surface area (Å²) < 4.78 is 6.51. The van der Waals surface area contributed by atoms with Crippen molar-refractivity contribution < 1.29 is 4.74 Å². The van der Waals surface area contributed by atoms with Crippen molar-refractivity contribution in [2.75, 3.05) is 18.1 Å². The summed E-state index contributed by atoms with van der Waals surface area (Å²) in [6.07, 6.45) is 10.3. The largest absolute Gasteiger partial charge is 0.491 e. The standard InChI is InChI=1S/C32H43BN5OP/c1-7-16-37(20(5)8-2)31-23-18-24(33)29-27-22(11-9-13-26(27)40)12-10-17-39-25-14-15-34-28(19(3)4)30(25)38(21(6)35-31)32(23)36-29/h11,14-15,18-20H,6-10,12-13,16-17,33,40H2,1-5H3. The average molecular weight is 556 g/mol. The average Bonchev–Trinajstić information content (AvgIpc) is 2.93. The summed E-state index contributed by atoms with van der Waals surface area (Å²) in [6, 6.07) is 4.62. The molecule has 0 fully saturated rings. The SMILES string of the molecule is Bc1cc2c3nc1C1=C(P)CCC=C1CCCOc1ccnc(C(C)C)c1N3C(=C)N=C2N(CCC)C(C)CC. The van der Waals surface area contributed by atoms with E-state index in [1.807, 2.05) is 12.3 Å². The van der Waals surface area contributed by atoms with E-state index < -0.39 is 0 Å². The van der Waals surface area contributed by atoms with E-state index in [0.29, 0.717) is 18.5 Å². The molecule has 2 unspecified atom stereocenters. The zero-order chi connectivity index (χ0) is 28.6. The molecule has 6 nitrogen and oxygen atoms in total. The fourth-order valence-corrected chi connectivity index (χ4v) is 6.51. The molecule has 2 aliphatic heterocycles. The van der Waals surface area contributed by atoms with Crippen molar-refractivity contribution in [1.29, 1.82) is 0 Å². The van der Waals surface area contributed by atoms with E-state index in [-0.39, 0.29) is 5.92 Å². The van der Waals surface area contributed by atoms with Crippen molar-refractivity contribution in [3.05, 3.63) is 64.6 Å². The molecule has 0 amide bonds. The first-order valence-corrected chi connectivity index (χ1v) is 15.5. The predicted molar refractivity (Wildman–Crippen MR) is 174 cm³/mol. The zero-order valence-corrected chi connectivity index (χ0v) is 26.2. The Kier molecular flexibility index (Phi) is 8.51. The molecule has 0 saturated carbocycles. The van der Waals surface area contributed by atoms with Crippen LogP contribution in [0, 0.1) is 0 Å². The van der Waals surface area contributed by atoms with Crippen LogP contribution in [0.15, 0.2) is 52.7 Å². The lowest BCUT2D eigenvalue weighted by molar-refractivity contribution is 0.311. The Morgan fingerprint density at radius 2 is 2.02 bits per heavy atom. The molecule has 5 rings (SSSR count). The van der Waals surface area contributed by atoms with Crippen LogP contribution in [0.4, 0.5) is 11.5 Å². The van der Waals surface area contributed by atoms with Crippen molar-refractivity contribution in [2.24, 2.45) is 4.99 Å². The highest BCUT2D eigenvalue weighted by atomic mass is 31.0. The fourth-order valence-electron chi connectivity index (χ4n) is 6.02. The summed E-state index contributed by atoms with van der Waals surface area (Å²) in [5, 5.41) is 1.33. The van der Waals surface area contributed by atoms with Gasteiger partial charge in [0.2, 0.25) is 0 Å². The van der Waals surface area contributed by atoms with E-state index in [1.165, 1.54) is 21.9 Å². The second kappa shape index (κ2) is 11.9. The number of ether oxygens (including phenoxy) is 1. The monoisotopic (exact) mass is 555 g/mol. The highest BCUT2D eigenvalue weighted by molar-refractivity contribution is 7.23. The summed E-state index contributed by atoms with van der Waals surface area (Å²) >= 11 is 0. The van der Waals surface area contributed by atoms with E-state index in [1.54, 1.807) is 0 Å². The molecule has 2 bridgehead atoms. The van der Waals surface area contributed by atoms with Gasteiger partial charge in [-0.25, -0.2) is 9.98 Å². The number of aliphatic imine (C=N–C) groups is 1. The number of amidine groups is 1. The maximum atomic E-state index is 6.51. The Labute approximate surface area is 243 Å². The predicted octanol–water partition coefficient (Wildman–Crippen LogP) is 6.22. The number of pyridine rings is 2. The third kappa shape index (κ3) is 5.14. The van der Waals surface area contributed by atoms with Gasteiger partial charge in [-0.3, -0.25) is 9.88 Å². The van der Waals surface area contributed by atoms with Gasteiger partial charge < -0.3 is 9.64 Å². The second-order valence-corrected chi connectivity index (χ2v) is 12.2. The minimum Gasteiger partial charge on any atom is -0.491 e. The van der Waals surface area contributed by atoms with Gasteiger partial charge in [-0.15, -0.1) is 9.24 Å². The molecule has 210 valence electrons. The second-order valence-electron chi connectivity index (χ2n) is 11.5. The number of allylic oxidation sites excluding steroid dienone is 4. The number of hydrogen-bond donors (Lipinski definition) is 0. The first-order valence-electron chi connectivity index (χ1n) is 14.9. The molecule has 0 radical (unpaired) electrons. The summed E-state index contributed by atoms with van der Waals surface area (Å²) in [5.74, 6) is 3.45. The molecule has 2 atom stereocenters. The summed E-state index contributed by atoms with van der Waals surface area (Å²) in [4.78, 5) is 20.1. The van der Waals surface area contributed by atoms with Crippen LogP contribution in [0.25, 0.3) is 5.57 Å². The lowest BCUT2D eigenvalue weighted by Gasteiger charge is -2.39. The maximum Gasteiger partial charge on any atom is 0.150 e. The topological polar surface area (TPSA) is 53.9 Å². The van der Waals surface area contributed by atoms with Crippen LogP contribution in [0.2, 0.25) is 0 Å². The van der Waals surface area contributed by atoms with E-state index in [9.17, 15) is 0 Å². The van der Waals surface area contributed by atoms with Crippen molar-refractivity contribution in [2.45, 2.75) is 85.1 Å². The smallest absolute Gasteiger partial charge is 0.150 e. The van der Waals surface area contributed by atoms with Gasteiger partial charge in [-0.05, 0) is 62.3 Å². The lowest BCUT2D eigenvalue weighted by atomic mass is 9.83. The Balaban J connectivity index is 1.84. The molecular weight excluding hydrogens is 512 g/mol. The van der Waals surface area contributed by atoms with Gasteiger partial charge in [0.25, 0.3) is 0 Å². The molecule has 40 heavy (non-hydrogen) atoms. The third-order valence-corrected chi connectivity index (χ3v) is 8.79. The summed E-state index contributed by atoms with van der Waals surface area (Å²) in [7, 11) is 5.21. The fraction of sp³-hybridized carbons (Fsp3) is 0.469. The Bertz CT molecular complexity index is 1410. The summed E-state index contributed by atoms with van der Waals surface area (Å²) in [5.41, 5.74) is 7.77. The van der Waals surface area contributed by atoms with Crippen molar-refractivity contribution in [1.82, 2.24) is 14.9 Å². The third-order valence-electron chi connectivity index (χ3n) is 8.22. The van der Waals surface area contributed by atoms with Crippen LogP contribution < -0.4 is 15.1 Å². The van der Waals surface area contributed by atoms with Gasteiger partial charge >= 0.3 is 0 Å². The first-order chi connectivity index (χ1) is 19.3. The molecule has 8 heteroatoms. The highest BCUT2D eigenvalue weighted by Gasteiger charge is 2.35. The van der Waals surface area contributed by atoms with Crippen molar-refractivity contribution in [3.8, 4) is 5.75 Å². The zero-order valence-electron chi connectivity index (χ0n) is 25.0. The Morgan fingerprint density at radius 3 is 2.75 bits per heavy atom. The molecule has 2 aromatic heterocycles. The van der Waals surface area contributed by atoms with Crippen LogP contribution in [-0.4, -0.2) is 47.7 Å². The molecule has 2 aromatic rings. The van der Waals surface area contributed by atoms with Crippen LogP contribution in [-0.2, 0) is 0 Å². The number of anilines is 2. The number of fused-ring (bicyclic) bond motifs is 5. The van der Waals surface area contributed by atoms with Crippen LogP contribution in [0.3, 0.4) is 0 Å². The number of hydrogen-bond acceptors (Lipinski definition) is 6. The summed E-state index contributed by atoms with van der Waals surface area (Å²) in [6.45, 7) is 17.2. The Morgan fingerprint density at radius 1 is 1.23 bits per heavy atom. The molecule has 0 spiro atoms. The molecule has 4 heterocycles.